The zero-order valence-electron chi connectivity index (χ0n) is 18.1. The number of ketones is 1. The lowest BCUT2D eigenvalue weighted by Gasteiger charge is -2.25. The molecule has 33 heavy (non-hydrogen) atoms. The van der Waals surface area contributed by atoms with Crippen LogP contribution in [0.2, 0.25) is 0 Å². The van der Waals surface area contributed by atoms with E-state index < -0.39 is 10.0 Å². The second-order valence-electron chi connectivity index (χ2n) is 7.80. The first-order valence-corrected chi connectivity index (χ1v) is 13.0. The summed E-state index contributed by atoms with van der Waals surface area (Å²) in [4.78, 5) is 25.4. The van der Waals surface area contributed by atoms with E-state index in [0.29, 0.717) is 11.1 Å². The summed E-state index contributed by atoms with van der Waals surface area (Å²) >= 11 is 1.80. The number of thioether (sulfide) groups is 1. The number of hydrogen-bond donors (Lipinski definition) is 2. The molecule has 0 saturated heterocycles. The molecular weight excluding hydrogens is 456 g/mol. The number of hydrogen-bond acceptors (Lipinski definition) is 5. The highest BCUT2D eigenvalue weighted by Crippen LogP contribution is 2.35. The van der Waals surface area contributed by atoms with Crippen LogP contribution in [0.1, 0.15) is 51.2 Å². The predicted molar refractivity (Wildman–Crippen MR) is 129 cm³/mol. The zero-order chi connectivity index (χ0) is 23.4. The standard InChI is InChI=1S/C25H24N2O4S2/c1-17(28)19-10-12-21(13-11-19)33(30,31)26-16-18-6-8-20(9-7-18)25(29)27-23-14-15-32-24-5-3-2-4-22(23)24/h2-13,23,26H,14-16H2,1H3,(H,27,29)/t23-/m0/s1. The third kappa shape index (κ3) is 5.52. The van der Waals surface area contributed by atoms with Gasteiger partial charge in [-0.1, -0.05) is 42.5 Å². The number of fused-ring (bicyclic) bond motifs is 1. The number of rotatable bonds is 7. The van der Waals surface area contributed by atoms with Crippen LogP contribution in [-0.4, -0.2) is 25.9 Å². The summed E-state index contributed by atoms with van der Waals surface area (Å²) in [6.45, 7) is 1.52. The Balaban J connectivity index is 1.37. The SMILES string of the molecule is CC(=O)c1ccc(S(=O)(=O)NCc2ccc(C(=O)N[C@H]3CCSc4ccccc43)cc2)cc1. The van der Waals surface area contributed by atoms with E-state index in [-0.39, 0.29) is 29.2 Å². The van der Waals surface area contributed by atoms with Crippen LogP contribution >= 0.6 is 11.8 Å². The van der Waals surface area contributed by atoms with Crippen molar-refractivity contribution >= 4 is 33.5 Å². The molecule has 1 aliphatic rings. The van der Waals surface area contributed by atoms with E-state index in [2.05, 4.69) is 22.2 Å². The Morgan fingerprint density at radius 2 is 1.61 bits per heavy atom. The van der Waals surface area contributed by atoms with Gasteiger partial charge in [0, 0.05) is 28.3 Å². The van der Waals surface area contributed by atoms with Crippen LogP contribution in [0, 0.1) is 0 Å². The number of carbonyl (C=O) groups excluding carboxylic acids is 2. The molecular formula is C25H24N2O4S2. The lowest BCUT2D eigenvalue weighted by atomic mass is 10.0. The van der Waals surface area contributed by atoms with Gasteiger partial charge in [-0.05, 0) is 54.8 Å². The molecule has 3 aromatic carbocycles. The molecule has 2 N–H and O–H groups in total. The third-order valence-corrected chi connectivity index (χ3v) is 8.06. The van der Waals surface area contributed by atoms with Crippen molar-refractivity contribution < 1.29 is 18.0 Å². The Kier molecular flexibility index (Phi) is 6.97. The van der Waals surface area contributed by atoms with Crippen LogP contribution in [0.5, 0.6) is 0 Å². The molecule has 0 spiro atoms. The summed E-state index contributed by atoms with van der Waals surface area (Å²) < 4.78 is 27.6. The van der Waals surface area contributed by atoms with Crippen molar-refractivity contribution in [2.75, 3.05) is 5.75 Å². The number of benzene rings is 3. The molecule has 1 heterocycles. The highest BCUT2D eigenvalue weighted by atomic mass is 32.2. The minimum Gasteiger partial charge on any atom is -0.345 e. The van der Waals surface area contributed by atoms with Gasteiger partial charge < -0.3 is 5.32 Å². The lowest BCUT2D eigenvalue weighted by Crippen LogP contribution is -2.30. The smallest absolute Gasteiger partial charge is 0.251 e. The van der Waals surface area contributed by atoms with E-state index in [4.69, 9.17) is 0 Å². The summed E-state index contributed by atoms with van der Waals surface area (Å²) in [5, 5.41) is 3.11. The normalized spacial score (nSPS) is 15.5. The molecule has 6 nitrogen and oxygen atoms in total. The molecule has 0 radical (unpaired) electrons. The second kappa shape index (κ2) is 9.91. The molecule has 0 fully saturated rings. The molecule has 1 amide bonds. The molecule has 3 aromatic rings. The van der Waals surface area contributed by atoms with E-state index in [1.807, 2.05) is 12.1 Å². The Bertz CT molecular complexity index is 1270. The van der Waals surface area contributed by atoms with Crippen LogP contribution in [0.4, 0.5) is 0 Å². The average molecular weight is 481 g/mol. The van der Waals surface area contributed by atoms with E-state index in [1.165, 1.54) is 36.1 Å². The second-order valence-corrected chi connectivity index (χ2v) is 10.7. The quantitative estimate of drug-likeness (QED) is 0.491. The first kappa shape index (κ1) is 23.2. The van der Waals surface area contributed by atoms with Gasteiger partial charge >= 0.3 is 0 Å². The molecule has 170 valence electrons. The average Bonchev–Trinajstić information content (AvgIpc) is 2.83. The molecule has 0 saturated carbocycles. The fraction of sp³-hybridized carbons (Fsp3) is 0.200. The van der Waals surface area contributed by atoms with Crippen LogP contribution in [0.15, 0.2) is 82.6 Å². The molecule has 4 rings (SSSR count). The maximum Gasteiger partial charge on any atom is 0.251 e. The van der Waals surface area contributed by atoms with Gasteiger partial charge in [-0.25, -0.2) is 13.1 Å². The van der Waals surface area contributed by atoms with Gasteiger partial charge in [0.05, 0.1) is 10.9 Å². The van der Waals surface area contributed by atoms with Gasteiger partial charge in [-0.15, -0.1) is 11.8 Å². The summed E-state index contributed by atoms with van der Waals surface area (Å²) in [5.74, 6) is 0.681. The van der Waals surface area contributed by atoms with Crippen LogP contribution in [-0.2, 0) is 16.6 Å². The fourth-order valence-electron chi connectivity index (χ4n) is 3.64. The fourth-order valence-corrected chi connectivity index (χ4v) is 5.78. The van der Waals surface area contributed by atoms with E-state index in [1.54, 1.807) is 36.0 Å². The Morgan fingerprint density at radius 1 is 0.939 bits per heavy atom. The summed E-state index contributed by atoms with van der Waals surface area (Å²) in [6, 6.07) is 20.8. The lowest BCUT2D eigenvalue weighted by molar-refractivity contribution is 0.0934. The molecule has 1 aliphatic heterocycles. The number of amides is 1. The molecule has 0 bridgehead atoms. The predicted octanol–water partition coefficient (Wildman–Crippen LogP) is 4.33. The van der Waals surface area contributed by atoms with Crippen LogP contribution < -0.4 is 10.0 Å². The Morgan fingerprint density at radius 3 is 2.30 bits per heavy atom. The largest absolute Gasteiger partial charge is 0.345 e. The van der Waals surface area contributed by atoms with Gasteiger partial charge in [0.1, 0.15) is 0 Å². The molecule has 0 aromatic heterocycles. The molecule has 0 unspecified atom stereocenters. The van der Waals surface area contributed by atoms with Crippen molar-refractivity contribution in [2.24, 2.45) is 0 Å². The molecule has 0 aliphatic carbocycles. The Hall–Kier alpha value is -2.94. The number of sulfonamides is 1. The van der Waals surface area contributed by atoms with Crippen molar-refractivity contribution in [1.29, 1.82) is 0 Å². The maximum atomic E-state index is 12.8. The number of carbonyl (C=O) groups is 2. The molecule has 8 heteroatoms. The molecule has 1 atom stereocenters. The van der Waals surface area contributed by atoms with Crippen molar-refractivity contribution in [3.63, 3.8) is 0 Å². The van der Waals surface area contributed by atoms with Gasteiger partial charge in [-0.3, -0.25) is 9.59 Å². The van der Waals surface area contributed by atoms with Gasteiger partial charge in [0.15, 0.2) is 5.78 Å². The summed E-state index contributed by atoms with van der Waals surface area (Å²) in [5.41, 5.74) is 2.86. The van der Waals surface area contributed by atoms with Gasteiger partial charge in [0.2, 0.25) is 10.0 Å². The first-order chi connectivity index (χ1) is 15.8. The monoisotopic (exact) mass is 480 g/mol. The first-order valence-electron chi connectivity index (χ1n) is 10.6. The van der Waals surface area contributed by atoms with Crippen molar-refractivity contribution in [1.82, 2.24) is 10.0 Å². The minimum absolute atomic E-state index is 0.0178. The zero-order valence-corrected chi connectivity index (χ0v) is 19.7. The highest BCUT2D eigenvalue weighted by Gasteiger charge is 2.22. The maximum absolute atomic E-state index is 12.8. The van der Waals surface area contributed by atoms with Gasteiger partial charge in [0.25, 0.3) is 5.91 Å². The topological polar surface area (TPSA) is 92.3 Å². The summed E-state index contributed by atoms with van der Waals surface area (Å²) in [6.07, 6.45) is 0.876. The van der Waals surface area contributed by atoms with Crippen molar-refractivity contribution in [3.8, 4) is 0 Å². The van der Waals surface area contributed by atoms with Crippen LogP contribution in [0.25, 0.3) is 0 Å². The Labute approximate surface area is 197 Å². The van der Waals surface area contributed by atoms with Crippen molar-refractivity contribution in [3.05, 3.63) is 95.1 Å². The van der Waals surface area contributed by atoms with E-state index in [0.717, 1.165) is 23.3 Å². The van der Waals surface area contributed by atoms with Crippen LogP contribution in [0.3, 0.4) is 0 Å². The third-order valence-electron chi connectivity index (χ3n) is 5.52. The van der Waals surface area contributed by atoms with Gasteiger partial charge in [-0.2, -0.15) is 0 Å². The number of Topliss-reactive ketones (excluding diaryl/α,β-unsaturated/α-hetero) is 1. The summed E-state index contributed by atoms with van der Waals surface area (Å²) in [7, 11) is -3.72. The number of nitrogens with one attached hydrogen (secondary N) is 2. The van der Waals surface area contributed by atoms with E-state index in [9.17, 15) is 18.0 Å². The van der Waals surface area contributed by atoms with Crippen molar-refractivity contribution in [2.45, 2.75) is 35.7 Å². The van der Waals surface area contributed by atoms with E-state index >= 15 is 0 Å². The highest BCUT2D eigenvalue weighted by molar-refractivity contribution is 7.99. The minimum atomic E-state index is -3.72.